The van der Waals surface area contributed by atoms with Gasteiger partial charge < -0.3 is 20.1 Å². The molecule has 28 heavy (non-hydrogen) atoms. The van der Waals surface area contributed by atoms with Crippen molar-refractivity contribution in [2.45, 2.75) is 0 Å². The Morgan fingerprint density at radius 1 is 1.00 bits per heavy atom. The molecule has 0 bridgehead atoms. The SMILES string of the molecule is COc1ccccc1NC(=O)c1ccc(C(=O)NCCN2CCOCC2)cc1. The predicted octanol–water partition coefficient (Wildman–Crippen LogP) is 2.01. The molecule has 1 saturated heterocycles. The summed E-state index contributed by atoms with van der Waals surface area (Å²) < 4.78 is 10.5. The molecule has 1 fully saturated rings. The second kappa shape index (κ2) is 9.87. The second-order valence-corrected chi connectivity index (χ2v) is 6.44. The maximum atomic E-state index is 12.4. The van der Waals surface area contributed by atoms with Crippen LogP contribution in [0.2, 0.25) is 0 Å². The molecule has 0 radical (unpaired) electrons. The van der Waals surface area contributed by atoms with Gasteiger partial charge in [-0.05, 0) is 36.4 Å². The molecule has 0 aliphatic carbocycles. The number of nitrogens with one attached hydrogen (secondary N) is 2. The monoisotopic (exact) mass is 383 g/mol. The smallest absolute Gasteiger partial charge is 0.255 e. The maximum absolute atomic E-state index is 12.4. The van der Waals surface area contributed by atoms with Crippen LogP contribution in [0.3, 0.4) is 0 Å². The molecule has 0 spiro atoms. The molecule has 2 aromatic carbocycles. The highest BCUT2D eigenvalue weighted by Crippen LogP contribution is 2.23. The van der Waals surface area contributed by atoms with E-state index >= 15 is 0 Å². The number of benzene rings is 2. The van der Waals surface area contributed by atoms with Crippen molar-refractivity contribution in [2.75, 3.05) is 51.8 Å². The minimum atomic E-state index is -0.260. The van der Waals surface area contributed by atoms with Gasteiger partial charge >= 0.3 is 0 Å². The summed E-state index contributed by atoms with van der Waals surface area (Å²) in [6, 6.07) is 13.8. The lowest BCUT2D eigenvalue weighted by molar-refractivity contribution is 0.0383. The van der Waals surface area contributed by atoms with Crippen LogP contribution in [0.25, 0.3) is 0 Å². The predicted molar refractivity (Wildman–Crippen MR) is 107 cm³/mol. The fourth-order valence-corrected chi connectivity index (χ4v) is 2.97. The molecule has 0 unspecified atom stereocenters. The van der Waals surface area contributed by atoms with Crippen LogP contribution in [0.5, 0.6) is 5.75 Å². The van der Waals surface area contributed by atoms with Crippen molar-refractivity contribution in [3.63, 3.8) is 0 Å². The molecular formula is C21H25N3O4. The summed E-state index contributed by atoms with van der Waals surface area (Å²) in [4.78, 5) is 27.0. The lowest BCUT2D eigenvalue weighted by Gasteiger charge is -2.26. The third-order valence-electron chi connectivity index (χ3n) is 4.58. The van der Waals surface area contributed by atoms with Crippen molar-refractivity contribution in [3.05, 3.63) is 59.7 Å². The van der Waals surface area contributed by atoms with Gasteiger partial charge in [-0.2, -0.15) is 0 Å². The summed E-state index contributed by atoms with van der Waals surface area (Å²) >= 11 is 0. The number of para-hydroxylation sites is 2. The van der Waals surface area contributed by atoms with Gasteiger partial charge in [0.1, 0.15) is 5.75 Å². The fraction of sp³-hybridized carbons (Fsp3) is 0.333. The number of carbonyl (C=O) groups is 2. The highest BCUT2D eigenvalue weighted by atomic mass is 16.5. The summed E-state index contributed by atoms with van der Waals surface area (Å²) in [5, 5.41) is 5.73. The number of rotatable bonds is 7. The van der Waals surface area contributed by atoms with Crippen molar-refractivity contribution < 1.29 is 19.1 Å². The van der Waals surface area contributed by atoms with Gasteiger partial charge in [-0.25, -0.2) is 0 Å². The molecule has 2 N–H and O–H groups in total. The number of nitrogens with zero attached hydrogens (tertiary/aromatic N) is 1. The quantitative estimate of drug-likeness (QED) is 0.765. The van der Waals surface area contributed by atoms with E-state index in [2.05, 4.69) is 15.5 Å². The van der Waals surface area contributed by atoms with E-state index in [1.807, 2.05) is 12.1 Å². The van der Waals surface area contributed by atoms with Crippen molar-refractivity contribution in [1.82, 2.24) is 10.2 Å². The first-order chi connectivity index (χ1) is 13.7. The molecule has 1 aliphatic rings. The molecule has 1 aliphatic heterocycles. The van der Waals surface area contributed by atoms with Crippen LogP contribution in [0, 0.1) is 0 Å². The molecule has 0 aromatic heterocycles. The van der Waals surface area contributed by atoms with Gasteiger partial charge in [-0.3, -0.25) is 14.5 Å². The van der Waals surface area contributed by atoms with Gasteiger partial charge in [0.25, 0.3) is 11.8 Å². The van der Waals surface area contributed by atoms with E-state index in [1.54, 1.807) is 43.5 Å². The van der Waals surface area contributed by atoms with E-state index in [1.165, 1.54) is 0 Å². The number of morpholine rings is 1. The maximum Gasteiger partial charge on any atom is 0.255 e. The van der Waals surface area contributed by atoms with Gasteiger partial charge in [0, 0.05) is 37.3 Å². The first-order valence-electron chi connectivity index (χ1n) is 9.30. The van der Waals surface area contributed by atoms with Crippen molar-refractivity contribution in [3.8, 4) is 5.75 Å². The van der Waals surface area contributed by atoms with Gasteiger partial charge in [-0.15, -0.1) is 0 Å². The van der Waals surface area contributed by atoms with Gasteiger partial charge in [0.15, 0.2) is 0 Å². The Morgan fingerprint density at radius 2 is 1.64 bits per heavy atom. The number of carbonyl (C=O) groups excluding carboxylic acids is 2. The number of anilines is 1. The number of amides is 2. The van der Waals surface area contributed by atoms with Crippen molar-refractivity contribution >= 4 is 17.5 Å². The third kappa shape index (κ3) is 5.31. The summed E-state index contributed by atoms with van der Waals surface area (Å²) in [6.07, 6.45) is 0. The van der Waals surface area contributed by atoms with E-state index in [4.69, 9.17) is 9.47 Å². The standard InChI is InChI=1S/C21H25N3O4/c1-27-19-5-3-2-4-18(19)23-21(26)17-8-6-16(7-9-17)20(25)22-10-11-24-12-14-28-15-13-24/h2-9H,10-15H2,1H3,(H,22,25)(H,23,26). The minimum absolute atomic E-state index is 0.148. The zero-order valence-corrected chi connectivity index (χ0v) is 15.9. The van der Waals surface area contributed by atoms with Gasteiger partial charge in [0.2, 0.25) is 0 Å². The molecule has 2 amide bonds. The molecule has 1 heterocycles. The average Bonchev–Trinajstić information content (AvgIpc) is 2.75. The summed E-state index contributed by atoms with van der Waals surface area (Å²) in [5.41, 5.74) is 1.59. The number of ether oxygens (including phenoxy) is 2. The van der Waals surface area contributed by atoms with E-state index in [0.29, 0.717) is 29.1 Å². The number of hydrogen-bond acceptors (Lipinski definition) is 5. The van der Waals surface area contributed by atoms with Crippen LogP contribution >= 0.6 is 0 Å². The van der Waals surface area contributed by atoms with Gasteiger partial charge in [0.05, 0.1) is 26.0 Å². The average molecular weight is 383 g/mol. The zero-order valence-electron chi connectivity index (χ0n) is 15.9. The van der Waals surface area contributed by atoms with Crippen LogP contribution in [0.1, 0.15) is 20.7 Å². The Bertz CT molecular complexity index is 802. The topological polar surface area (TPSA) is 79.9 Å². The number of hydrogen-bond donors (Lipinski definition) is 2. The Hall–Kier alpha value is -2.90. The Morgan fingerprint density at radius 3 is 2.32 bits per heavy atom. The fourth-order valence-electron chi connectivity index (χ4n) is 2.97. The summed E-state index contributed by atoms with van der Waals surface area (Å²) in [6.45, 7) is 4.65. The highest BCUT2D eigenvalue weighted by molar-refractivity contribution is 6.05. The Balaban J connectivity index is 1.52. The molecular weight excluding hydrogens is 358 g/mol. The number of methoxy groups -OCH3 is 1. The van der Waals surface area contributed by atoms with Crippen LogP contribution < -0.4 is 15.4 Å². The minimum Gasteiger partial charge on any atom is -0.495 e. The van der Waals surface area contributed by atoms with E-state index < -0.39 is 0 Å². The Labute approximate surface area is 164 Å². The van der Waals surface area contributed by atoms with Crippen LogP contribution in [0.15, 0.2) is 48.5 Å². The lowest BCUT2D eigenvalue weighted by atomic mass is 10.1. The highest BCUT2D eigenvalue weighted by Gasteiger charge is 2.13. The lowest BCUT2D eigenvalue weighted by Crippen LogP contribution is -2.41. The van der Waals surface area contributed by atoms with E-state index in [9.17, 15) is 9.59 Å². The molecule has 0 saturated carbocycles. The molecule has 2 aromatic rings. The molecule has 0 atom stereocenters. The van der Waals surface area contributed by atoms with Crippen LogP contribution in [-0.4, -0.2) is 63.2 Å². The van der Waals surface area contributed by atoms with E-state index in [-0.39, 0.29) is 11.8 Å². The first kappa shape index (κ1) is 19.9. The van der Waals surface area contributed by atoms with E-state index in [0.717, 1.165) is 32.8 Å². The second-order valence-electron chi connectivity index (χ2n) is 6.44. The van der Waals surface area contributed by atoms with Crippen LogP contribution in [-0.2, 0) is 4.74 Å². The van der Waals surface area contributed by atoms with Crippen molar-refractivity contribution in [1.29, 1.82) is 0 Å². The largest absolute Gasteiger partial charge is 0.495 e. The molecule has 148 valence electrons. The Kier molecular flexibility index (Phi) is 7.00. The van der Waals surface area contributed by atoms with Gasteiger partial charge in [-0.1, -0.05) is 12.1 Å². The van der Waals surface area contributed by atoms with Crippen LogP contribution in [0.4, 0.5) is 5.69 Å². The molecule has 7 heteroatoms. The first-order valence-corrected chi connectivity index (χ1v) is 9.30. The normalized spacial score (nSPS) is 14.3. The summed E-state index contributed by atoms with van der Waals surface area (Å²) in [7, 11) is 1.55. The third-order valence-corrected chi connectivity index (χ3v) is 4.58. The van der Waals surface area contributed by atoms with Crippen molar-refractivity contribution in [2.24, 2.45) is 0 Å². The summed E-state index contributed by atoms with van der Waals surface area (Å²) in [5.74, 6) is 0.181. The molecule has 7 nitrogen and oxygen atoms in total. The zero-order chi connectivity index (χ0) is 19.8. The molecule has 3 rings (SSSR count).